The molecule has 1 aliphatic carbocycles. The number of carbonyl (C=O) groups is 1. The van der Waals surface area contributed by atoms with Crippen LogP contribution in [0.1, 0.15) is 65.7 Å². The summed E-state index contributed by atoms with van der Waals surface area (Å²) >= 11 is 0. The van der Waals surface area contributed by atoms with E-state index in [-0.39, 0.29) is 11.3 Å². The highest BCUT2D eigenvalue weighted by molar-refractivity contribution is 5.81. The summed E-state index contributed by atoms with van der Waals surface area (Å²) in [6.07, 6.45) is 7.01. The zero-order chi connectivity index (χ0) is 12.9. The molecule has 0 radical (unpaired) electrons. The van der Waals surface area contributed by atoms with Gasteiger partial charge in [0.25, 0.3) is 0 Å². The normalized spacial score (nSPS) is 20.7. The largest absolute Gasteiger partial charge is 0.388 e. The third kappa shape index (κ3) is 4.30. The fraction of sp³-hybridized carbons (Fsp3) is 0.929. The van der Waals surface area contributed by atoms with E-state index < -0.39 is 5.60 Å². The van der Waals surface area contributed by atoms with E-state index in [0.29, 0.717) is 6.54 Å². The quantitative estimate of drug-likeness (QED) is 0.743. The van der Waals surface area contributed by atoms with Gasteiger partial charge in [0.1, 0.15) is 0 Å². The Labute approximate surface area is 105 Å². The SMILES string of the molecule is CCC(C)(C)C(=O)NCC1(O)CCCCCC1. The Morgan fingerprint density at radius 1 is 1.24 bits per heavy atom. The average molecular weight is 241 g/mol. The van der Waals surface area contributed by atoms with Crippen molar-refractivity contribution in [2.75, 3.05) is 6.54 Å². The number of nitrogens with one attached hydrogen (secondary N) is 1. The summed E-state index contributed by atoms with van der Waals surface area (Å²) < 4.78 is 0. The maximum atomic E-state index is 11.9. The lowest BCUT2D eigenvalue weighted by molar-refractivity contribution is -0.130. The van der Waals surface area contributed by atoms with Gasteiger partial charge in [-0.15, -0.1) is 0 Å². The Morgan fingerprint density at radius 2 is 1.76 bits per heavy atom. The van der Waals surface area contributed by atoms with Crippen LogP contribution in [0.15, 0.2) is 0 Å². The first kappa shape index (κ1) is 14.5. The summed E-state index contributed by atoms with van der Waals surface area (Å²) in [4.78, 5) is 11.9. The minimum atomic E-state index is -0.671. The summed E-state index contributed by atoms with van der Waals surface area (Å²) in [5.74, 6) is 0.0534. The van der Waals surface area contributed by atoms with E-state index in [9.17, 15) is 9.90 Å². The molecule has 100 valence electrons. The number of hydrogen-bond donors (Lipinski definition) is 2. The second-order valence-electron chi connectivity index (χ2n) is 6.06. The number of aliphatic hydroxyl groups is 1. The zero-order valence-corrected chi connectivity index (χ0v) is 11.5. The lowest BCUT2D eigenvalue weighted by Crippen LogP contribution is -2.46. The Morgan fingerprint density at radius 3 is 2.24 bits per heavy atom. The molecule has 0 unspecified atom stereocenters. The molecule has 0 aliphatic heterocycles. The third-order valence-corrected chi connectivity index (χ3v) is 4.11. The molecule has 1 aliphatic rings. The van der Waals surface area contributed by atoms with Crippen molar-refractivity contribution in [2.24, 2.45) is 5.41 Å². The van der Waals surface area contributed by atoms with E-state index in [0.717, 1.165) is 32.1 Å². The van der Waals surface area contributed by atoms with Crippen molar-refractivity contribution in [1.82, 2.24) is 5.32 Å². The summed E-state index contributed by atoms with van der Waals surface area (Å²) in [6, 6.07) is 0. The van der Waals surface area contributed by atoms with Crippen LogP contribution in [0.3, 0.4) is 0 Å². The molecule has 1 rings (SSSR count). The molecule has 3 nitrogen and oxygen atoms in total. The molecule has 2 N–H and O–H groups in total. The molecule has 0 heterocycles. The van der Waals surface area contributed by atoms with Crippen molar-refractivity contribution in [3.63, 3.8) is 0 Å². The van der Waals surface area contributed by atoms with Crippen LogP contribution < -0.4 is 5.32 Å². The van der Waals surface area contributed by atoms with E-state index >= 15 is 0 Å². The first-order valence-corrected chi connectivity index (χ1v) is 6.90. The minimum Gasteiger partial charge on any atom is -0.388 e. The molecular weight excluding hydrogens is 214 g/mol. The van der Waals surface area contributed by atoms with Gasteiger partial charge in [0.05, 0.1) is 5.60 Å². The van der Waals surface area contributed by atoms with Gasteiger partial charge in [-0.1, -0.05) is 46.5 Å². The predicted molar refractivity (Wildman–Crippen MR) is 69.7 cm³/mol. The molecule has 0 saturated heterocycles. The van der Waals surface area contributed by atoms with E-state index in [4.69, 9.17) is 0 Å². The lowest BCUT2D eigenvalue weighted by atomic mass is 9.88. The molecule has 1 amide bonds. The molecule has 1 saturated carbocycles. The second kappa shape index (κ2) is 5.85. The maximum Gasteiger partial charge on any atom is 0.225 e. The van der Waals surface area contributed by atoms with E-state index in [1.165, 1.54) is 12.8 Å². The van der Waals surface area contributed by atoms with Crippen molar-refractivity contribution in [3.8, 4) is 0 Å². The molecule has 0 bridgehead atoms. The summed E-state index contributed by atoms with van der Waals surface area (Å²) in [7, 11) is 0. The fourth-order valence-electron chi connectivity index (χ4n) is 2.21. The number of hydrogen-bond acceptors (Lipinski definition) is 2. The smallest absolute Gasteiger partial charge is 0.225 e. The standard InChI is InChI=1S/C14H27NO2/c1-4-13(2,3)12(16)15-11-14(17)9-7-5-6-8-10-14/h17H,4-11H2,1-3H3,(H,15,16). The summed E-state index contributed by atoms with van der Waals surface area (Å²) in [5.41, 5.74) is -1.00. The van der Waals surface area contributed by atoms with Crippen molar-refractivity contribution >= 4 is 5.91 Å². The Kier molecular flexibility index (Phi) is 4.99. The van der Waals surface area contributed by atoms with Gasteiger partial charge in [-0.05, 0) is 19.3 Å². The highest BCUT2D eigenvalue weighted by atomic mass is 16.3. The molecular formula is C14H27NO2. The van der Waals surface area contributed by atoms with Gasteiger partial charge >= 0.3 is 0 Å². The Bertz CT molecular complexity index is 253. The first-order chi connectivity index (χ1) is 7.90. The van der Waals surface area contributed by atoms with Gasteiger partial charge in [0.2, 0.25) is 5.91 Å². The van der Waals surface area contributed by atoms with Gasteiger partial charge in [-0.25, -0.2) is 0 Å². The van der Waals surface area contributed by atoms with Crippen LogP contribution in [0.5, 0.6) is 0 Å². The van der Waals surface area contributed by atoms with Gasteiger partial charge in [0.15, 0.2) is 0 Å². The van der Waals surface area contributed by atoms with Crippen molar-refractivity contribution in [1.29, 1.82) is 0 Å². The monoisotopic (exact) mass is 241 g/mol. The molecule has 0 atom stereocenters. The minimum absolute atomic E-state index is 0.0534. The van der Waals surface area contributed by atoms with Gasteiger partial charge in [-0.2, -0.15) is 0 Å². The zero-order valence-electron chi connectivity index (χ0n) is 11.5. The number of rotatable bonds is 4. The molecule has 1 fully saturated rings. The predicted octanol–water partition coefficient (Wildman–Crippen LogP) is 2.62. The molecule has 0 aromatic carbocycles. The fourth-order valence-corrected chi connectivity index (χ4v) is 2.21. The molecule has 0 aromatic heterocycles. The van der Waals surface area contributed by atoms with Crippen LogP contribution in [0.2, 0.25) is 0 Å². The van der Waals surface area contributed by atoms with E-state index in [2.05, 4.69) is 5.32 Å². The maximum absolute atomic E-state index is 11.9. The van der Waals surface area contributed by atoms with Crippen LogP contribution in [0.4, 0.5) is 0 Å². The number of amides is 1. The van der Waals surface area contributed by atoms with Gasteiger partial charge < -0.3 is 10.4 Å². The molecule has 3 heteroatoms. The van der Waals surface area contributed by atoms with Crippen LogP contribution in [-0.4, -0.2) is 23.2 Å². The van der Waals surface area contributed by atoms with Crippen molar-refractivity contribution in [3.05, 3.63) is 0 Å². The third-order valence-electron chi connectivity index (χ3n) is 4.11. The van der Waals surface area contributed by atoms with Crippen LogP contribution in [0.25, 0.3) is 0 Å². The highest BCUT2D eigenvalue weighted by Crippen LogP contribution is 2.27. The highest BCUT2D eigenvalue weighted by Gasteiger charge is 2.31. The number of carbonyl (C=O) groups excluding carboxylic acids is 1. The lowest BCUT2D eigenvalue weighted by Gasteiger charge is -2.29. The van der Waals surface area contributed by atoms with Gasteiger partial charge in [-0.3, -0.25) is 4.79 Å². The summed E-state index contributed by atoms with van der Waals surface area (Å²) in [6.45, 7) is 6.31. The van der Waals surface area contributed by atoms with Crippen LogP contribution in [-0.2, 0) is 4.79 Å². The first-order valence-electron chi connectivity index (χ1n) is 6.90. The topological polar surface area (TPSA) is 49.3 Å². The second-order valence-corrected chi connectivity index (χ2v) is 6.06. The van der Waals surface area contributed by atoms with Gasteiger partial charge in [0, 0.05) is 12.0 Å². The molecule has 0 aromatic rings. The Hall–Kier alpha value is -0.570. The van der Waals surface area contributed by atoms with Crippen LogP contribution in [0, 0.1) is 5.41 Å². The summed E-state index contributed by atoms with van der Waals surface area (Å²) in [5, 5.41) is 13.3. The Balaban J connectivity index is 2.46. The van der Waals surface area contributed by atoms with Crippen LogP contribution >= 0.6 is 0 Å². The molecule has 17 heavy (non-hydrogen) atoms. The van der Waals surface area contributed by atoms with E-state index in [1.807, 2.05) is 20.8 Å². The average Bonchev–Trinajstić information content (AvgIpc) is 2.51. The molecule has 0 spiro atoms. The van der Waals surface area contributed by atoms with Crippen molar-refractivity contribution < 1.29 is 9.90 Å². The van der Waals surface area contributed by atoms with E-state index in [1.54, 1.807) is 0 Å². The van der Waals surface area contributed by atoms with Crippen molar-refractivity contribution in [2.45, 2.75) is 71.3 Å².